The highest BCUT2D eigenvalue weighted by atomic mass is 16.5. The molecule has 1 aromatic rings. The highest BCUT2D eigenvalue weighted by Crippen LogP contribution is 2.04. The molecule has 0 unspecified atom stereocenters. The summed E-state index contributed by atoms with van der Waals surface area (Å²) in [7, 11) is 1.32. The summed E-state index contributed by atoms with van der Waals surface area (Å²) >= 11 is 0. The number of carbonyl (C=O) groups excluding carboxylic acids is 2. The first-order valence-electron chi connectivity index (χ1n) is 4.08. The number of hydrogen-bond donors (Lipinski definition) is 0. The van der Waals surface area contributed by atoms with Gasteiger partial charge in [-0.2, -0.15) is 0 Å². The lowest BCUT2D eigenvalue weighted by Crippen LogP contribution is -2.05. The molecule has 0 fully saturated rings. The van der Waals surface area contributed by atoms with Gasteiger partial charge in [-0.1, -0.05) is 0 Å². The van der Waals surface area contributed by atoms with E-state index in [0.29, 0.717) is 24.0 Å². The van der Waals surface area contributed by atoms with Crippen molar-refractivity contribution in [2.24, 2.45) is 0 Å². The van der Waals surface area contributed by atoms with Crippen molar-refractivity contribution in [3.8, 4) is 0 Å². The molecule has 0 saturated heterocycles. The zero-order valence-corrected chi connectivity index (χ0v) is 7.77. The minimum absolute atomic E-state index is 0.217. The van der Waals surface area contributed by atoms with E-state index in [4.69, 9.17) is 0 Å². The summed E-state index contributed by atoms with van der Waals surface area (Å²) in [4.78, 5) is 29.0. The van der Waals surface area contributed by atoms with E-state index in [1.165, 1.54) is 19.6 Å². The molecular formula is C9H10N2O3. The first kappa shape index (κ1) is 10.3. The van der Waals surface area contributed by atoms with E-state index in [0.717, 1.165) is 0 Å². The van der Waals surface area contributed by atoms with Crippen LogP contribution in [0.5, 0.6) is 0 Å². The van der Waals surface area contributed by atoms with Crippen molar-refractivity contribution in [1.29, 1.82) is 0 Å². The number of nitrogens with zero attached hydrogens (tertiary/aromatic N) is 2. The Hall–Kier alpha value is -1.78. The molecule has 1 heterocycles. The van der Waals surface area contributed by atoms with Crippen molar-refractivity contribution in [2.75, 3.05) is 7.11 Å². The van der Waals surface area contributed by atoms with Crippen LogP contribution in [0.1, 0.15) is 22.5 Å². The smallest absolute Gasteiger partial charge is 0.305 e. The molecule has 0 bridgehead atoms. The summed E-state index contributed by atoms with van der Waals surface area (Å²) in [6, 6.07) is 0. The summed E-state index contributed by atoms with van der Waals surface area (Å²) in [5, 5.41) is 0. The fourth-order valence-electron chi connectivity index (χ4n) is 0.996. The number of aryl methyl sites for hydroxylation is 1. The maximum Gasteiger partial charge on any atom is 0.305 e. The van der Waals surface area contributed by atoms with Crippen molar-refractivity contribution in [3.63, 3.8) is 0 Å². The Morgan fingerprint density at radius 1 is 1.64 bits per heavy atom. The fraction of sp³-hybridized carbons (Fsp3) is 0.333. The van der Waals surface area contributed by atoms with Gasteiger partial charge in [0.25, 0.3) is 0 Å². The summed E-state index contributed by atoms with van der Waals surface area (Å²) in [5.41, 5.74) is 0.983. The lowest BCUT2D eigenvalue weighted by atomic mass is 10.1. The maximum absolute atomic E-state index is 10.8. The molecule has 1 aromatic heterocycles. The molecule has 0 radical (unpaired) electrons. The Morgan fingerprint density at radius 3 is 3.07 bits per heavy atom. The maximum atomic E-state index is 10.8. The van der Waals surface area contributed by atoms with Crippen LogP contribution in [0.3, 0.4) is 0 Å². The molecule has 0 aromatic carbocycles. The van der Waals surface area contributed by atoms with Crippen molar-refractivity contribution in [3.05, 3.63) is 23.8 Å². The molecule has 0 aliphatic heterocycles. The van der Waals surface area contributed by atoms with E-state index in [1.807, 2.05) is 0 Å². The number of esters is 1. The normalized spacial score (nSPS) is 9.50. The number of aromatic nitrogens is 2. The quantitative estimate of drug-likeness (QED) is 0.512. The third kappa shape index (κ3) is 2.62. The van der Waals surface area contributed by atoms with Gasteiger partial charge in [0.2, 0.25) is 0 Å². The molecule has 14 heavy (non-hydrogen) atoms. The number of carbonyl (C=O) groups is 2. The van der Waals surface area contributed by atoms with Gasteiger partial charge in [-0.25, -0.2) is 9.97 Å². The number of ether oxygens (including phenoxy) is 1. The van der Waals surface area contributed by atoms with Gasteiger partial charge in [0.1, 0.15) is 6.33 Å². The van der Waals surface area contributed by atoms with Crippen LogP contribution in [-0.4, -0.2) is 29.3 Å². The molecule has 0 N–H and O–H groups in total. The highest BCUT2D eigenvalue weighted by Gasteiger charge is 2.06. The number of aldehydes is 1. The Balaban J connectivity index is 2.66. The second kappa shape index (κ2) is 5.06. The Bertz CT molecular complexity index is 339. The van der Waals surface area contributed by atoms with Crippen molar-refractivity contribution in [2.45, 2.75) is 12.8 Å². The number of rotatable bonds is 4. The van der Waals surface area contributed by atoms with Crippen molar-refractivity contribution in [1.82, 2.24) is 9.97 Å². The summed E-state index contributed by atoms with van der Waals surface area (Å²) < 4.78 is 4.47. The largest absolute Gasteiger partial charge is 0.469 e. The average molecular weight is 194 g/mol. The first-order chi connectivity index (χ1) is 6.77. The van der Waals surface area contributed by atoms with E-state index >= 15 is 0 Å². The predicted molar refractivity (Wildman–Crippen MR) is 47.8 cm³/mol. The van der Waals surface area contributed by atoms with Gasteiger partial charge in [-0.05, 0) is 0 Å². The van der Waals surface area contributed by atoms with E-state index < -0.39 is 0 Å². The topological polar surface area (TPSA) is 69.2 Å². The molecule has 0 atom stereocenters. The minimum Gasteiger partial charge on any atom is -0.469 e. The SMILES string of the molecule is COC(=O)CCc1ncncc1C=O. The van der Waals surface area contributed by atoms with Crippen molar-refractivity contribution < 1.29 is 14.3 Å². The second-order valence-electron chi connectivity index (χ2n) is 2.62. The van der Waals surface area contributed by atoms with Crippen molar-refractivity contribution >= 4 is 12.3 Å². The van der Waals surface area contributed by atoms with Gasteiger partial charge in [-0.3, -0.25) is 9.59 Å². The third-order valence-corrected chi connectivity index (χ3v) is 1.75. The van der Waals surface area contributed by atoms with Crippen LogP contribution in [0, 0.1) is 0 Å². The molecule has 5 nitrogen and oxygen atoms in total. The van der Waals surface area contributed by atoms with Crippen LogP contribution in [0.4, 0.5) is 0 Å². The van der Waals surface area contributed by atoms with E-state index in [9.17, 15) is 9.59 Å². The van der Waals surface area contributed by atoms with Gasteiger partial charge in [0.15, 0.2) is 6.29 Å². The lowest BCUT2D eigenvalue weighted by molar-refractivity contribution is -0.140. The molecule has 0 amide bonds. The highest BCUT2D eigenvalue weighted by molar-refractivity contribution is 5.76. The van der Waals surface area contributed by atoms with Gasteiger partial charge < -0.3 is 4.74 Å². The Morgan fingerprint density at radius 2 is 2.43 bits per heavy atom. The summed E-state index contributed by atoms with van der Waals surface area (Å²) in [5.74, 6) is -0.319. The average Bonchev–Trinajstić information content (AvgIpc) is 2.26. The molecule has 74 valence electrons. The van der Waals surface area contributed by atoms with Gasteiger partial charge >= 0.3 is 5.97 Å². The van der Waals surface area contributed by atoms with E-state index in [1.54, 1.807) is 0 Å². The van der Waals surface area contributed by atoms with Crippen LogP contribution in [0.25, 0.3) is 0 Å². The van der Waals surface area contributed by atoms with E-state index in [-0.39, 0.29) is 12.4 Å². The van der Waals surface area contributed by atoms with Gasteiger partial charge in [0, 0.05) is 12.6 Å². The molecule has 1 rings (SSSR count). The predicted octanol–water partition coefficient (Wildman–Crippen LogP) is 0.395. The molecule has 0 saturated carbocycles. The molecule has 0 aliphatic rings. The van der Waals surface area contributed by atoms with Crippen LogP contribution in [-0.2, 0) is 16.0 Å². The number of methoxy groups -OCH3 is 1. The van der Waals surface area contributed by atoms with Crippen LogP contribution in [0.15, 0.2) is 12.5 Å². The monoisotopic (exact) mass is 194 g/mol. The summed E-state index contributed by atoms with van der Waals surface area (Å²) in [6.07, 6.45) is 4.05. The van der Waals surface area contributed by atoms with Crippen LogP contribution >= 0.6 is 0 Å². The molecule has 0 spiro atoms. The Kier molecular flexibility index (Phi) is 3.72. The van der Waals surface area contributed by atoms with Crippen LogP contribution in [0.2, 0.25) is 0 Å². The molecule has 0 aliphatic carbocycles. The summed E-state index contributed by atoms with van der Waals surface area (Å²) in [6.45, 7) is 0. The zero-order chi connectivity index (χ0) is 10.4. The second-order valence-corrected chi connectivity index (χ2v) is 2.62. The van der Waals surface area contributed by atoms with E-state index in [2.05, 4.69) is 14.7 Å². The zero-order valence-electron chi connectivity index (χ0n) is 7.77. The molecular weight excluding hydrogens is 184 g/mol. The first-order valence-corrected chi connectivity index (χ1v) is 4.08. The lowest BCUT2D eigenvalue weighted by Gasteiger charge is -2.01. The fourth-order valence-corrected chi connectivity index (χ4v) is 0.996. The number of hydrogen-bond acceptors (Lipinski definition) is 5. The van der Waals surface area contributed by atoms with Gasteiger partial charge in [-0.15, -0.1) is 0 Å². The third-order valence-electron chi connectivity index (χ3n) is 1.75. The van der Waals surface area contributed by atoms with Gasteiger partial charge in [0.05, 0.1) is 24.8 Å². The standard InChI is InChI=1S/C9H10N2O3/c1-14-9(13)3-2-8-7(5-12)4-10-6-11-8/h4-6H,2-3H2,1H3. The van der Waals surface area contributed by atoms with Crippen LogP contribution < -0.4 is 0 Å². The Labute approximate surface area is 81.1 Å². The minimum atomic E-state index is -0.319. The molecule has 5 heteroatoms.